The van der Waals surface area contributed by atoms with E-state index in [1.807, 2.05) is 13.0 Å². The summed E-state index contributed by atoms with van der Waals surface area (Å²) in [6.45, 7) is 1.28. The summed E-state index contributed by atoms with van der Waals surface area (Å²) in [6.07, 6.45) is -0.183. The number of carbonyl (C=O) groups excluding carboxylic acids is 5. The van der Waals surface area contributed by atoms with E-state index in [0.29, 0.717) is 4.88 Å². The smallest absolute Gasteiger partial charge is 0.337 e. The van der Waals surface area contributed by atoms with Gasteiger partial charge in [0.05, 0.1) is 36.6 Å². The van der Waals surface area contributed by atoms with Crippen LogP contribution in [0.3, 0.4) is 0 Å². The van der Waals surface area contributed by atoms with Crippen LogP contribution in [0.25, 0.3) is 0 Å². The zero-order chi connectivity index (χ0) is 23.0. The number of Topliss-reactive ketones (excluding diaryl/α,β-unsaturated/α-hetero) is 1. The average molecular weight is 447 g/mol. The molecule has 10 heteroatoms. The number of hydrogen-bond acceptors (Lipinski definition) is 9. The molecule has 164 valence electrons. The Bertz CT molecular complexity index is 976. The van der Waals surface area contributed by atoms with Crippen molar-refractivity contribution in [3.05, 3.63) is 51.2 Å². The van der Waals surface area contributed by atoms with E-state index in [9.17, 15) is 24.0 Å². The highest BCUT2D eigenvalue weighted by atomic mass is 32.1. The average Bonchev–Trinajstić information content (AvgIpc) is 3.20. The Morgan fingerprint density at radius 2 is 1.52 bits per heavy atom. The minimum atomic E-state index is -0.710. The fourth-order valence-corrected chi connectivity index (χ4v) is 3.34. The number of amides is 1. The molecule has 2 aromatic rings. The molecule has 0 radical (unpaired) electrons. The minimum absolute atomic E-state index is 0.0237. The summed E-state index contributed by atoms with van der Waals surface area (Å²) in [5.41, 5.74) is 0.174. The predicted octanol–water partition coefficient (Wildman–Crippen LogP) is 2.77. The van der Waals surface area contributed by atoms with Gasteiger partial charge in [0.15, 0.2) is 12.4 Å². The van der Waals surface area contributed by atoms with Crippen molar-refractivity contribution in [1.29, 1.82) is 0 Å². The van der Waals surface area contributed by atoms with Crippen molar-refractivity contribution in [3.8, 4) is 0 Å². The zero-order valence-electron chi connectivity index (χ0n) is 17.2. The molecule has 1 aromatic carbocycles. The predicted molar refractivity (Wildman–Crippen MR) is 111 cm³/mol. The maximum absolute atomic E-state index is 12.1. The largest absolute Gasteiger partial charge is 0.465 e. The topological polar surface area (TPSA) is 125 Å². The molecule has 0 aliphatic heterocycles. The van der Waals surface area contributed by atoms with Gasteiger partial charge in [-0.25, -0.2) is 9.59 Å². The molecule has 0 bridgehead atoms. The van der Waals surface area contributed by atoms with E-state index in [4.69, 9.17) is 4.74 Å². The molecule has 1 amide bonds. The number of ketones is 1. The minimum Gasteiger partial charge on any atom is -0.465 e. The first-order valence-corrected chi connectivity index (χ1v) is 9.92. The molecule has 0 spiro atoms. The van der Waals surface area contributed by atoms with E-state index >= 15 is 0 Å². The number of methoxy groups -OCH3 is 2. The SMILES string of the molecule is COC(=O)c1cc(NC(=O)COC(=O)CCC(=O)c2ccc(C)s2)cc(C(=O)OC)c1. The summed E-state index contributed by atoms with van der Waals surface area (Å²) >= 11 is 1.34. The monoisotopic (exact) mass is 447 g/mol. The molecule has 0 unspecified atom stereocenters. The summed E-state index contributed by atoms with van der Waals surface area (Å²) in [6, 6.07) is 7.40. The lowest BCUT2D eigenvalue weighted by atomic mass is 10.1. The van der Waals surface area contributed by atoms with Crippen LogP contribution in [0.15, 0.2) is 30.3 Å². The molecule has 1 N–H and O–H groups in total. The van der Waals surface area contributed by atoms with E-state index in [1.165, 1.54) is 43.8 Å². The molecule has 0 saturated carbocycles. The summed E-state index contributed by atoms with van der Waals surface area (Å²) in [5.74, 6) is -2.98. The lowest BCUT2D eigenvalue weighted by Crippen LogP contribution is -2.21. The number of nitrogens with one attached hydrogen (secondary N) is 1. The van der Waals surface area contributed by atoms with E-state index in [-0.39, 0.29) is 35.4 Å². The Kier molecular flexibility index (Phi) is 8.44. The Balaban J connectivity index is 1.91. The van der Waals surface area contributed by atoms with Gasteiger partial charge in [-0.15, -0.1) is 11.3 Å². The third-order valence-electron chi connectivity index (χ3n) is 3.99. The second-order valence-electron chi connectivity index (χ2n) is 6.32. The highest BCUT2D eigenvalue weighted by Crippen LogP contribution is 2.18. The van der Waals surface area contributed by atoms with Crippen molar-refractivity contribution in [2.24, 2.45) is 0 Å². The molecule has 1 heterocycles. The van der Waals surface area contributed by atoms with Crippen LogP contribution in [-0.4, -0.2) is 50.4 Å². The maximum atomic E-state index is 12.1. The van der Waals surface area contributed by atoms with Crippen molar-refractivity contribution in [1.82, 2.24) is 0 Å². The number of hydrogen-bond donors (Lipinski definition) is 1. The molecule has 0 atom stereocenters. The zero-order valence-corrected chi connectivity index (χ0v) is 18.0. The van der Waals surface area contributed by atoms with Crippen LogP contribution >= 0.6 is 11.3 Å². The van der Waals surface area contributed by atoms with Crippen LogP contribution in [0.2, 0.25) is 0 Å². The Morgan fingerprint density at radius 3 is 2.03 bits per heavy atom. The Labute approximate surface area is 182 Å². The quantitative estimate of drug-likeness (QED) is 0.353. The summed E-state index contributed by atoms with van der Waals surface area (Å²) in [5, 5.41) is 2.43. The lowest BCUT2D eigenvalue weighted by molar-refractivity contribution is -0.147. The van der Waals surface area contributed by atoms with Crippen molar-refractivity contribution in [2.75, 3.05) is 26.1 Å². The molecule has 2 rings (SSSR count). The highest BCUT2D eigenvalue weighted by molar-refractivity contribution is 7.14. The van der Waals surface area contributed by atoms with Crippen molar-refractivity contribution < 1.29 is 38.2 Å². The molecular formula is C21H21NO8S. The number of anilines is 1. The number of aryl methyl sites for hydroxylation is 1. The third kappa shape index (κ3) is 7.03. The Hall–Kier alpha value is -3.53. The van der Waals surface area contributed by atoms with Gasteiger partial charge in [0.1, 0.15) is 0 Å². The molecular weight excluding hydrogens is 426 g/mol. The number of esters is 3. The van der Waals surface area contributed by atoms with E-state index in [1.54, 1.807) is 6.07 Å². The van der Waals surface area contributed by atoms with E-state index in [2.05, 4.69) is 14.8 Å². The lowest BCUT2D eigenvalue weighted by Gasteiger charge is -2.10. The standard InChI is InChI=1S/C21H21NO8S/c1-12-4-6-17(31-12)16(23)5-7-19(25)30-11-18(24)22-15-9-13(20(26)28-2)8-14(10-15)21(27)29-3/h4,6,8-10H,5,7,11H2,1-3H3,(H,22,24). The molecule has 0 fully saturated rings. The van der Waals surface area contributed by atoms with Crippen LogP contribution in [-0.2, 0) is 23.8 Å². The van der Waals surface area contributed by atoms with Crippen LogP contribution in [0, 0.1) is 6.92 Å². The first kappa shape index (κ1) is 23.7. The van der Waals surface area contributed by atoms with Gasteiger partial charge in [0.25, 0.3) is 5.91 Å². The number of thiophene rings is 1. The van der Waals surface area contributed by atoms with Gasteiger partial charge in [-0.1, -0.05) is 0 Å². The van der Waals surface area contributed by atoms with Gasteiger partial charge < -0.3 is 19.5 Å². The highest BCUT2D eigenvalue weighted by Gasteiger charge is 2.16. The van der Waals surface area contributed by atoms with Gasteiger partial charge in [-0.05, 0) is 37.3 Å². The molecule has 0 saturated heterocycles. The first-order chi connectivity index (χ1) is 14.7. The summed E-state index contributed by atoms with van der Waals surface area (Å²) in [7, 11) is 2.35. The van der Waals surface area contributed by atoms with Gasteiger partial charge in [-0.3, -0.25) is 14.4 Å². The number of ether oxygens (including phenoxy) is 3. The first-order valence-electron chi connectivity index (χ1n) is 9.10. The van der Waals surface area contributed by atoms with E-state index < -0.39 is 30.4 Å². The normalized spacial score (nSPS) is 10.2. The summed E-state index contributed by atoms with van der Waals surface area (Å²) in [4.78, 5) is 61.1. The number of benzene rings is 1. The second-order valence-corrected chi connectivity index (χ2v) is 7.61. The van der Waals surface area contributed by atoms with E-state index in [0.717, 1.165) is 4.88 Å². The number of carbonyl (C=O) groups is 5. The Morgan fingerprint density at radius 1 is 0.903 bits per heavy atom. The van der Waals surface area contributed by atoms with Gasteiger partial charge >= 0.3 is 17.9 Å². The van der Waals surface area contributed by atoms with Crippen molar-refractivity contribution >= 4 is 46.6 Å². The van der Waals surface area contributed by atoms with Crippen molar-refractivity contribution in [2.45, 2.75) is 19.8 Å². The summed E-state index contributed by atoms with van der Waals surface area (Å²) < 4.78 is 14.1. The fraction of sp³-hybridized carbons (Fsp3) is 0.286. The van der Waals surface area contributed by atoms with Crippen LogP contribution in [0.1, 0.15) is 48.1 Å². The molecule has 9 nitrogen and oxygen atoms in total. The number of rotatable bonds is 9. The van der Waals surface area contributed by atoms with Crippen LogP contribution in [0.5, 0.6) is 0 Å². The third-order valence-corrected chi connectivity index (χ3v) is 5.04. The van der Waals surface area contributed by atoms with Gasteiger partial charge in [0, 0.05) is 17.0 Å². The van der Waals surface area contributed by atoms with Crippen molar-refractivity contribution in [3.63, 3.8) is 0 Å². The van der Waals surface area contributed by atoms with Crippen LogP contribution < -0.4 is 5.32 Å². The van der Waals surface area contributed by atoms with Gasteiger partial charge in [-0.2, -0.15) is 0 Å². The molecule has 0 aliphatic rings. The van der Waals surface area contributed by atoms with Gasteiger partial charge in [0.2, 0.25) is 0 Å². The fourth-order valence-electron chi connectivity index (χ4n) is 2.51. The van der Waals surface area contributed by atoms with Crippen LogP contribution in [0.4, 0.5) is 5.69 Å². The molecule has 1 aromatic heterocycles. The molecule has 0 aliphatic carbocycles. The molecule has 31 heavy (non-hydrogen) atoms. The second kappa shape index (κ2) is 11.0. The maximum Gasteiger partial charge on any atom is 0.337 e.